The molecule has 5 aromatic rings. The molecule has 1 saturated heterocycles. The van der Waals surface area contributed by atoms with Crippen LogP contribution in [0.15, 0.2) is 90.8 Å². The molecule has 0 radical (unpaired) electrons. The van der Waals surface area contributed by atoms with Crippen molar-refractivity contribution in [1.82, 2.24) is 9.55 Å². The fraction of sp³-hybridized carbons (Fsp3) is 0.103. The van der Waals surface area contributed by atoms with Gasteiger partial charge in [-0.05, 0) is 36.4 Å². The van der Waals surface area contributed by atoms with Crippen LogP contribution in [0, 0.1) is 0 Å². The van der Waals surface area contributed by atoms with Crippen LogP contribution in [0.5, 0.6) is 5.75 Å². The average molecular weight is 478 g/mol. The Balaban J connectivity index is 1.63. The number of rotatable bonds is 4. The molecule has 0 bridgehead atoms. The van der Waals surface area contributed by atoms with E-state index in [-0.39, 0.29) is 11.3 Å². The molecule has 1 fully saturated rings. The molecule has 178 valence electrons. The van der Waals surface area contributed by atoms with Gasteiger partial charge in [0.2, 0.25) is 0 Å². The van der Waals surface area contributed by atoms with E-state index in [1.165, 1.54) is 4.90 Å². The molecule has 1 aliphatic rings. The van der Waals surface area contributed by atoms with Crippen molar-refractivity contribution in [3.8, 4) is 5.75 Å². The molecule has 3 aromatic carbocycles. The highest BCUT2D eigenvalue weighted by Gasteiger charge is 2.48. The zero-order valence-electron chi connectivity index (χ0n) is 19.7. The van der Waals surface area contributed by atoms with Crippen molar-refractivity contribution in [2.24, 2.45) is 7.05 Å². The summed E-state index contributed by atoms with van der Waals surface area (Å²) in [7, 11) is 3.49. The number of hydrogen-bond acceptors (Lipinski definition) is 4. The van der Waals surface area contributed by atoms with Gasteiger partial charge in [0.1, 0.15) is 11.5 Å². The Morgan fingerprint density at radius 2 is 1.64 bits per heavy atom. The highest BCUT2D eigenvalue weighted by molar-refractivity contribution is 6.52. The summed E-state index contributed by atoms with van der Waals surface area (Å²) in [5.74, 6) is -0.999. The molecule has 0 aliphatic carbocycles. The molecule has 7 heteroatoms. The van der Waals surface area contributed by atoms with E-state index < -0.39 is 17.7 Å². The van der Waals surface area contributed by atoms with E-state index in [2.05, 4.69) is 4.98 Å². The van der Waals surface area contributed by atoms with E-state index in [1.807, 2.05) is 66.3 Å². The zero-order valence-corrected chi connectivity index (χ0v) is 19.7. The highest BCUT2D eigenvalue weighted by atomic mass is 16.5. The summed E-state index contributed by atoms with van der Waals surface area (Å²) in [6.45, 7) is 0. The van der Waals surface area contributed by atoms with E-state index >= 15 is 0 Å². The molecule has 1 amide bonds. The first-order chi connectivity index (χ1) is 17.5. The maximum atomic E-state index is 13.6. The highest BCUT2D eigenvalue weighted by Crippen LogP contribution is 2.45. The molecule has 1 atom stereocenters. The number of Topliss-reactive ketones (excluding diaryl/α,β-unsaturated/α-hetero) is 1. The Morgan fingerprint density at radius 1 is 0.944 bits per heavy atom. The third kappa shape index (κ3) is 3.13. The number of anilines is 1. The number of nitrogens with one attached hydrogen (secondary N) is 1. The molecule has 1 unspecified atom stereocenters. The molecule has 36 heavy (non-hydrogen) atoms. The quantitative estimate of drug-likeness (QED) is 0.209. The number of aryl methyl sites for hydroxylation is 1. The topological polar surface area (TPSA) is 87.6 Å². The predicted octanol–water partition coefficient (Wildman–Crippen LogP) is 5.29. The first-order valence-electron chi connectivity index (χ1n) is 11.5. The molecular formula is C29H23N3O4. The second-order valence-electron chi connectivity index (χ2n) is 8.83. The smallest absolute Gasteiger partial charge is 0.300 e. The number of aliphatic hydroxyl groups is 1. The minimum absolute atomic E-state index is 0.0527. The number of aliphatic hydroxyl groups excluding tert-OH is 1. The Morgan fingerprint density at radius 3 is 2.39 bits per heavy atom. The number of amides is 1. The van der Waals surface area contributed by atoms with Gasteiger partial charge in [-0.15, -0.1) is 0 Å². The molecular weight excluding hydrogens is 454 g/mol. The number of fused-ring (bicyclic) bond motifs is 2. The van der Waals surface area contributed by atoms with Crippen molar-refractivity contribution in [3.05, 3.63) is 102 Å². The van der Waals surface area contributed by atoms with Crippen molar-refractivity contribution >= 4 is 44.9 Å². The average Bonchev–Trinajstić information content (AvgIpc) is 3.56. The molecule has 3 heterocycles. The van der Waals surface area contributed by atoms with E-state index in [1.54, 1.807) is 37.6 Å². The summed E-state index contributed by atoms with van der Waals surface area (Å²) in [4.78, 5) is 31.7. The lowest BCUT2D eigenvalue weighted by molar-refractivity contribution is -0.132. The molecule has 0 saturated carbocycles. The van der Waals surface area contributed by atoms with Gasteiger partial charge in [-0.3, -0.25) is 14.5 Å². The largest absolute Gasteiger partial charge is 0.507 e. The van der Waals surface area contributed by atoms with Gasteiger partial charge in [-0.1, -0.05) is 36.4 Å². The van der Waals surface area contributed by atoms with Crippen LogP contribution in [0.1, 0.15) is 17.2 Å². The number of para-hydroxylation sites is 2. The van der Waals surface area contributed by atoms with Crippen LogP contribution in [-0.2, 0) is 16.6 Å². The van der Waals surface area contributed by atoms with Crippen LogP contribution in [-0.4, -0.2) is 33.5 Å². The zero-order chi connectivity index (χ0) is 25.0. The lowest BCUT2D eigenvalue weighted by atomic mass is 9.94. The van der Waals surface area contributed by atoms with Gasteiger partial charge in [-0.2, -0.15) is 0 Å². The minimum atomic E-state index is -0.821. The normalized spacial score (nSPS) is 17.4. The number of carbonyl (C=O) groups excluding carboxylic acids is 2. The van der Waals surface area contributed by atoms with E-state index in [0.717, 1.165) is 27.4 Å². The molecule has 0 spiro atoms. The molecule has 6 rings (SSSR count). The molecule has 7 nitrogen and oxygen atoms in total. The third-order valence-electron chi connectivity index (χ3n) is 6.86. The standard InChI is InChI=1S/C29H23N3O4/c1-31-16-22(20-8-4-6-10-24(20)31)26-25(27(33)21-15-30-23-9-5-3-7-19(21)23)28(34)29(35)32(26)17-11-13-18(36-2)14-12-17/h3-16,26,30,33H,1-2H3/b27-25+. The van der Waals surface area contributed by atoms with Gasteiger partial charge in [0.25, 0.3) is 11.7 Å². The number of ether oxygens (including phenoxy) is 1. The lowest BCUT2D eigenvalue weighted by Crippen LogP contribution is -2.29. The van der Waals surface area contributed by atoms with E-state index in [4.69, 9.17) is 4.74 Å². The molecule has 2 aromatic heterocycles. The van der Waals surface area contributed by atoms with Gasteiger partial charge >= 0.3 is 0 Å². The third-order valence-corrected chi connectivity index (χ3v) is 6.86. The number of ketones is 1. The second kappa shape index (κ2) is 8.16. The van der Waals surface area contributed by atoms with Crippen LogP contribution >= 0.6 is 0 Å². The SMILES string of the molecule is COc1ccc(N2C(=O)C(=O)/C(=C(/O)c3c[nH]c4ccccc34)C2c2cn(C)c3ccccc23)cc1. The van der Waals surface area contributed by atoms with Crippen molar-refractivity contribution in [3.63, 3.8) is 0 Å². The lowest BCUT2D eigenvalue weighted by Gasteiger charge is -2.25. The van der Waals surface area contributed by atoms with Crippen LogP contribution in [0.4, 0.5) is 5.69 Å². The molecule has 2 N–H and O–H groups in total. The fourth-order valence-corrected chi connectivity index (χ4v) is 5.14. The van der Waals surface area contributed by atoms with E-state index in [9.17, 15) is 14.7 Å². The number of aromatic amines is 1. The number of nitrogens with zero attached hydrogens (tertiary/aromatic N) is 2. The summed E-state index contributed by atoms with van der Waals surface area (Å²) in [6.07, 6.45) is 3.58. The van der Waals surface area contributed by atoms with Gasteiger partial charge in [-0.25, -0.2) is 0 Å². The Kier molecular flexibility index (Phi) is 4.93. The van der Waals surface area contributed by atoms with Crippen molar-refractivity contribution in [2.75, 3.05) is 12.0 Å². The van der Waals surface area contributed by atoms with Gasteiger partial charge in [0.15, 0.2) is 0 Å². The first-order valence-corrected chi connectivity index (χ1v) is 11.5. The number of carbonyl (C=O) groups is 2. The second-order valence-corrected chi connectivity index (χ2v) is 8.83. The summed E-state index contributed by atoms with van der Waals surface area (Å²) >= 11 is 0. The van der Waals surface area contributed by atoms with Gasteiger partial charge < -0.3 is 19.4 Å². The number of H-pyrrole nitrogens is 1. The van der Waals surface area contributed by atoms with Crippen LogP contribution in [0.3, 0.4) is 0 Å². The Hall–Kier alpha value is -4.78. The Bertz CT molecular complexity index is 1690. The predicted molar refractivity (Wildman–Crippen MR) is 139 cm³/mol. The van der Waals surface area contributed by atoms with Crippen LogP contribution < -0.4 is 9.64 Å². The van der Waals surface area contributed by atoms with E-state index in [0.29, 0.717) is 17.0 Å². The number of aromatic nitrogens is 2. The first kappa shape index (κ1) is 21.7. The monoisotopic (exact) mass is 477 g/mol. The van der Waals surface area contributed by atoms with Crippen molar-refractivity contribution < 1.29 is 19.4 Å². The number of methoxy groups -OCH3 is 1. The van der Waals surface area contributed by atoms with Gasteiger partial charge in [0, 0.05) is 58.1 Å². The molecule has 1 aliphatic heterocycles. The maximum absolute atomic E-state index is 13.6. The van der Waals surface area contributed by atoms with Crippen LogP contribution in [0.25, 0.3) is 27.6 Å². The van der Waals surface area contributed by atoms with Crippen LogP contribution in [0.2, 0.25) is 0 Å². The summed E-state index contributed by atoms with van der Waals surface area (Å²) in [5.41, 5.74) is 3.60. The van der Waals surface area contributed by atoms with Crippen molar-refractivity contribution in [1.29, 1.82) is 0 Å². The van der Waals surface area contributed by atoms with Gasteiger partial charge in [0.05, 0.1) is 18.7 Å². The number of benzene rings is 3. The Labute approximate surface area is 206 Å². The summed E-state index contributed by atoms with van der Waals surface area (Å²) in [5, 5.41) is 13.3. The van der Waals surface area contributed by atoms with Crippen molar-refractivity contribution in [2.45, 2.75) is 6.04 Å². The number of hydrogen-bond donors (Lipinski definition) is 2. The summed E-state index contributed by atoms with van der Waals surface area (Å²) in [6, 6.07) is 21.5. The minimum Gasteiger partial charge on any atom is -0.507 e. The maximum Gasteiger partial charge on any atom is 0.300 e. The summed E-state index contributed by atoms with van der Waals surface area (Å²) < 4.78 is 7.24. The fourth-order valence-electron chi connectivity index (χ4n) is 5.14.